The Bertz CT molecular complexity index is 1140. The summed E-state index contributed by atoms with van der Waals surface area (Å²) in [6.45, 7) is 1.34. The normalized spacial score (nSPS) is 11.0. The van der Waals surface area contributed by atoms with Crippen molar-refractivity contribution in [1.29, 1.82) is 0 Å². The van der Waals surface area contributed by atoms with E-state index in [-0.39, 0.29) is 17.4 Å². The first-order valence-electron chi connectivity index (χ1n) is 9.51. The van der Waals surface area contributed by atoms with Crippen LogP contribution in [0.3, 0.4) is 0 Å². The average molecular weight is 439 g/mol. The molecule has 0 fully saturated rings. The molecule has 0 spiro atoms. The summed E-state index contributed by atoms with van der Waals surface area (Å²) >= 11 is 0. The number of hydrogen-bond donors (Lipinski definition) is 2. The van der Waals surface area contributed by atoms with Gasteiger partial charge >= 0.3 is 5.97 Å². The van der Waals surface area contributed by atoms with Crippen molar-refractivity contribution in [3.63, 3.8) is 0 Å². The number of nitrogens with one attached hydrogen (secondary N) is 2. The summed E-state index contributed by atoms with van der Waals surface area (Å²) in [4.78, 5) is 24.2. The molecule has 31 heavy (non-hydrogen) atoms. The molecule has 0 aromatic heterocycles. The van der Waals surface area contributed by atoms with Crippen LogP contribution in [-0.4, -0.2) is 26.8 Å². The van der Waals surface area contributed by atoms with E-state index in [4.69, 9.17) is 4.74 Å². The SMILES string of the molecule is Cc1ccc(S(=O)(=O)NCC(=O)OCc2ccc(C(=O)Nc3ccccc3)cc2)cc1. The van der Waals surface area contributed by atoms with Crippen molar-refractivity contribution in [3.8, 4) is 0 Å². The van der Waals surface area contributed by atoms with Crippen LogP contribution in [0.4, 0.5) is 5.69 Å². The van der Waals surface area contributed by atoms with Crippen LogP contribution in [0, 0.1) is 6.92 Å². The number of esters is 1. The lowest BCUT2D eigenvalue weighted by molar-refractivity contribution is -0.143. The first kappa shape index (κ1) is 22.2. The smallest absolute Gasteiger partial charge is 0.321 e. The first-order valence-corrected chi connectivity index (χ1v) is 11.0. The number of ether oxygens (including phenoxy) is 1. The molecule has 0 saturated carbocycles. The van der Waals surface area contributed by atoms with Crippen molar-refractivity contribution in [2.45, 2.75) is 18.4 Å². The van der Waals surface area contributed by atoms with Crippen LogP contribution < -0.4 is 10.0 Å². The molecule has 7 nitrogen and oxygen atoms in total. The minimum atomic E-state index is -3.79. The van der Waals surface area contributed by atoms with Crippen molar-refractivity contribution < 1.29 is 22.7 Å². The molecule has 0 heterocycles. The van der Waals surface area contributed by atoms with E-state index in [1.807, 2.05) is 25.1 Å². The number of amides is 1. The summed E-state index contributed by atoms with van der Waals surface area (Å²) in [5.41, 5.74) is 2.76. The molecule has 0 bridgehead atoms. The standard InChI is InChI=1S/C23H22N2O5S/c1-17-7-13-21(14-8-17)31(28,29)24-15-22(26)30-16-18-9-11-19(12-10-18)23(27)25-20-5-3-2-4-6-20/h2-14,24H,15-16H2,1H3,(H,25,27). The lowest BCUT2D eigenvalue weighted by Crippen LogP contribution is -2.30. The summed E-state index contributed by atoms with van der Waals surface area (Å²) in [5, 5.41) is 2.79. The molecule has 160 valence electrons. The van der Waals surface area contributed by atoms with Crippen LogP contribution in [0.1, 0.15) is 21.5 Å². The van der Waals surface area contributed by atoms with E-state index in [1.54, 1.807) is 48.5 Å². The highest BCUT2D eigenvalue weighted by Gasteiger charge is 2.16. The average Bonchev–Trinajstić information content (AvgIpc) is 2.77. The topological polar surface area (TPSA) is 102 Å². The second-order valence-corrected chi connectivity index (χ2v) is 8.58. The van der Waals surface area contributed by atoms with Crippen molar-refractivity contribution in [3.05, 3.63) is 95.6 Å². The van der Waals surface area contributed by atoms with E-state index in [0.717, 1.165) is 5.56 Å². The van der Waals surface area contributed by atoms with Gasteiger partial charge in [-0.2, -0.15) is 4.72 Å². The van der Waals surface area contributed by atoms with Crippen molar-refractivity contribution >= 4 is 27.6 Å². The highest BCUT2D eigenvalue weighted by molar-refractivity contribution is 7.89. The molecule has 0 aliphatic heterocycles. The monoisotopic (exact) mass is 438 g/mol. The lowest BCUT2D eigenvalue weighted by Gasteiger charge is -2.09. The number of anilines is 1. The van der Waals surface area contributed by atoms with E-state index in [9.17, 15) is 18.0 Å². The maximum absolute atomic E-state index is 12.2. The van der Waals surface area contributed by atoms with Crippen LogP contribution in [0.15, 0.2) is 83.8 Å². The van der Waals surface area contributed by atoms with Crippen LogP contribution in [0.25, 0.3) is 0 Å². The molecule has 2 N–H and O–H groups in total. The fourth-order valence-electron chi connectivity index (χ4n) is 2.65. The van der Waals surface area contributed by atoms with E-state index in [2.05, 4.69) is 10.0 Å². The van der Waals surface area contributed by atoms with E-state index < -0.39 is 22.5 Å². The molecule has 3 aromatic carbocycles. The Morgan fingerprint density at radius 3 is 2.16 bits per heavy atom. The molecular weight excluding hydrogens is 416 g/mol. The molecule has 3 rings (SSSR count). The molecule has 0 radical (unpaired) electrons. The Morgan fingerprint density at radius 1 is 0.871 bits per heavy atom. The molecule has 0 aliphatic carbocycles. The third kappa shape index (κ3) is 6.50. The predicted molar refractivity (Wildman–Crippen MR) is 117 cm³/mol. The Kier molecular flexibility index (Phi) is 7.17. The van der Waals surface area contributed by atoms with Crippen LogP contribution in [0.2, 0.25) is 0 Å². The van der Waals surface area contributed by atoms with Gasteiger partial charge in [-0.3, -0.25) is 9.59 Å². The van der Waals surface area contributed by atoms with Crippen molar-refractivity contribution in [2.75, 3.05) is 11.9 Å². The number of benzene rings is 3. The molecule has 0 atom stereocenters. The van der Waals surface area contributed by atoms with Gasteiger partial charge in [0.15, 0.2) is 0 Å². The van der Waals surface area contributed by atoms with Crippen molar-refractivity contribution in [2.24, 2.45) is 0 Å². The first-order chi connectivity index (χ1) is 14.8. The Morgan fingerprint density at radius 2 is 1.52 bits per heavy atom. The third-order valence-electron chi connectivity index (χ3n) is 4.39. The number of para-hydroxylation sites is 1. The zero-order valence-electron chi connectivity index (χ0n) is 16.9. The minimum absolute atomic E-state index is 0.0360. The number of aryl methyl sites for hydroxylation is 1. The number of hydrogen-bond acceptors (Lipinski definition) is 5. The summed E-state index contributed by atoms with van der Waals surface area (Å²) in [7, 11) is -3.79. The second-order valence-electron chi connectivity index (χ2n) is 6.82. The van der Waals surface area contributed by atoms with Gasteiger partial charge in [0.2, 0.25) is 10.0 Å². The number of carbonyl (C=O) groups is 2. The largest absolute Gasteiger partial charge is 0.460 e. The van der Waals surface area contributed by atoms with Gasteiger partial charge in [0.25, 0.3) is 5.91 Å². The third-order valence-corrected chi connectivity index (χ3v) is 5.80. The number of carbonyl (C=O) groups excluding carboxylic acids is 2. The van der Waals surface area contributed by atoms with Gasteiger partial charge in [-0.25, -0.2) is 8.42 Å². The molecule has 0 unspecified atom stereocenters. The molecule has 8 heteroatoms. The zero-order valence-corrected chi connectivity index (χ0v) is 17.7. The van der Waals surface area contributed by atoms with E-state index in [1.165, 1.54) is 12.1 Å². The summed E-state index contributed by atoms with van der Waals surface area (Å²) in [5.74, 6) is -0.957. The van der Waals surface area contributed by atoms with Gasteiger partial charge in [0.1, 0.15) is 13.2 Å². The molecular formula is C23H22N2O5S. The Hall–Kier alpha value is -3.49. The number of sulfonamides is 1. The highest BCUT2D eigenvalue weighted by Crippen LogP contribution is 2.11. The van der Waals surface area contributed by atoms with Gasteiger partial charge < -0.3 is 10.1 Å². The van der Waals surface area contributed by atoms with Crippen LogP contribution >= 0.6 is 0 Å². The van der Waals surface area contributed by atoms with Gasteiger partial charge in [0.05, 0.1) is 4.90 Å². The minimum Gasteiger partial charge on any atom is -0.460 e. The van der Waals surface area contributed by atoms with Crippen LogP contribution in [-0.2, 0) is 26.2 Å². The summed E-state index contributed by atoms with van der Waals surface area (Å²) in [6, 6.07) is 22.0. The van der Waals surface area contributed by atoms with Gasteiger partial charge in [0, 0.05) is 11.3 Å². The van der Waals surface area contributed by atoms with E-state index in [0.29, 0.717) is 16.8 Å². The zero-order chi connectivity index (χ0) is 22.3. The second kappa shape index (κ2) is 10.0. The number of rotatable bonds is 8. The Labute approximate surface area is 181 Å². The maximum Gasteiger partial charge on any atom is 0.321 e. The van der Waals surface area contributed by atoms with Gasteiger partial charge in [-0.15, -0.1) is 0 Å². The van der Waals surface area contributed by atoms with Gasteiger partial charge in [-0.05, 0) is 48.9 Å². The summed E-state index contributed by atoms with van der Waals surface area (Å²) < 4.78 is 31.7. The molecule has 0 saturated heterocycles. The molecule has 0 aliphatic rings. The van der Waals surface area contributed by atoms with E-state index >= 15 is 0 Å². The fraction of sp³-hybridized carbons (Fsp3) is 0.130. The summed E-state index contributed by atoms with van der Waals surface area (Å²) in [6.07, 6.45) is 0. The molecule has 1 amide bonds. The maximum atomic E-state index is 12.2. The van der Waals surface area contributed by atoms with Crippen LogP contribution in [0.5, 0.6) is 0 Å². The fourth-order valence-corrected chi connectivity index (χ4v) is 3.62. The van der Waals surface area contributed by atoms with Gasteiger partial charge in [-0.1, -0.05) is 48.0 Å². The van der Waals surface area contributed by atoms with Crippen molar-refractivity contribution in [1.82, 2.24) is 4.72 Å². The lowest BCUT2D eigenvalue weighted by atomic mass is 10.1. The molecule has 3 aromatic rings. The Balaban J connectivity index is 1.48. The highest BCUT2D eigenvalue weighted by atomic mass is 32.2. The predicted octanol–water partition coefficient (Wildman–Crippen LogP) is 3.27. The quantitative estimate of drug-likeness (QED) is 0.526.